The molecule has 5 aromatic rings. The quantitative estimate of drug-likeness (QED) is 0.408. The van der Waals surface area contributed by atoms with Crippen molar-refractivity contribution in [2.45, 2.75) is 16.3 Å². The van der Waals surface area contributed by atoms with Crippen LogP contribution in [0.4, 0.5) is 4.39 Å². The minimum absolute atomic E-state index is 0.0200. The molecule has 6 nitrogen and oxygen atoms in total. The van der Waals surface area contributed by atoms with Crippen LogP contribution in [-0.2, 0) is 6.54 Å². The van der Waals surface area contributed by atoms with E-state index in [1.165, 1.54) is 28.8 Å². The third-order valence-electron chi connectivity index (χ3n) is 5.02. The van der Waals surface area contributed by atoms with Gasteiger partial charge in [0.15, 0.2) is 11.3 Å². The van der Waals surface area contributed by atoms with E-state index in [0.717, 1.165) is 17.3 Å². The van der Waals surface area contributed by atoms with E-state index in [-0.39, 0.29) is 22.4 Å². The molecule has 1 N–H and O–H groups in total. The molecule has 5 rings (SSSR count). The molecule has 0 radical (unpaired) electrons. The average Bonchev–Trinajstić information content (AvgIpc) is 2.81. The summed E-state index contributed by atoms with van der Waals surface area (Å²) in [7, 11) is 0. The number of halogens is 1. The lowest BCUT2D eigenvalue weighted by molar-refractivity contribution is 0.446. The minimum Gasteiger partial charge on any atom is -0.505 e. The molecular formula is C24H15FN2O4S. The molecule has 0 saturated heterocycles. The monoisotopic (exact) mass is 446 g/mol. The van der Waals surface area contributed by atoms with E-state index in [0.29, 0.717) is 15.9 Å². The Labute approximate surface area is 184 Å². The Balaban J connectivity index is 1.78. The van der Waals surface area contributed by atoms with Crippen LogP contribution in [0.25, 0.3) is 22.0 Å². The highest BCUT2D eigenvalue weighted by Gasteiger charge is 2.22. The zero-order chi connectivity index (χ0) is 22.2. The number of fused-ring (bicyclic) bond motifs is 3. The van der Waals surface area contributed by atoms with E-state index in [9.17, 15) is 19.1 Å². The standard InChI is InChI=1S/C24H15FN2O4S/c25-15-8-10-16(11-9-15)32-21-19(28)18-20(31-24(21)30)17-7-4-12-26-22(17)27(23(18)29)13-14-5-2-1-3-6-14/h1-12,28H,13H2. The molecule has 0 aliphatic rings. The first-order valence-electron chi connectivity index (χ1n) is 9.67. The number of aromatic nitrogens is 2. The van der Waals surface area contributed by atoms with Gasteiger partial charge in [0.1, 0.15) is 21.7 Å². The predicted octanol–water partition coefficient (Wildman–Crippen LogP) is 4.55. The lowest BCUT2D eigenvalue weighted by atomic mass is 10.1. The summed E-state index contributed by atoms with van der Waals surface area (Å²) >= 11 is 0.902. The van der Waals surface area contributed by atoms with Crippen molar-refractivity contribution in [3.8, 4) is 5.75 Å². The van der Waals surface area contributed by atoms with Gasteiger partial charge in [-0.25, -0.2) is 14.2 Å². The van der Waals surface area contributed by atoms with Gasteiger partial charge in [-0.1, -0.05) is 42.1 Å². The molecule has 0 amide bonds. The van der Waals surface area contributed by atoms with Crippen LogP contribution in [0.2, 0.25) is 0 Å². The van der Waals surface area contributed by atoms with Crippen LogP contribution in [0.15, 0.2) is 96.7 Å². The molecule has 0 unspecified atom stereocenters. The van der Waals surface area contributed by atoms with Crippen LogP contribution in [0.5, 0.6) is 5.75 Å². The van der Waals surface area contributed by atoms with Gasteiger partial charge in [0, 0.05) is 11.1 Å². The van der Waals surface area contributed by atoms with Crippen LogP contribution in [0.3, 0.4) is 0 Å². The van der Waals surface area contributed by atoms with Gasteiger partial charge in [0.05, 0.1) is 11.9 Å². The molecule has 3 aromatic heterocycles. The Hall–Kier alpha value is -3.91. The van der Waals surface area contributed by atoms with Crippen LogP contribution in [0.1, 0.15) is 5.56 Å². The maximum absolute atomic E-state index is 13.5. The molecule has 0 bridgehead atoms. The van der Waals surface area contributed by atoms with Gasteiger partial charge < -0.3 is 9.52 Å². The summed E-state index contributed by atoms with van der Waals surface area (Å²) in [6.07, 6.45) is 1.55. The summed E-state index contributed by atoms with van der Waals surface area (Å²) in [6, 6.07) is 18.2. The average molecular weight is 446 g/mol. The topological polar surface area (TPSA) is 85.3 Å². The molecule has 158 valence electrons. The molecule has 32 heavy (non-hydrogen) atoms. The fraction of sp³-hybridized carbons (Fsp3) is 0.0417. The van der Waals surface area contributed by atoms with E-state index < -0.39 is 22.8 Å². The number of rotatable bonds is 4. The van der Waals surface area contributed by atoms with Crippen molar-refractivity contribution in [3.05, 3.63) is 105 Å². The van der Waals surface area contributed by atoms with Gasteiger partial charge in [0.2, 0.25) is 0 Å². The highest BCUT2D eigenvalue weighted by atomic mass is 32.2. The van der Waals surface area contributed by atoms with E-state index in [1.807, 2.05) is 30.3 Å². The summed E-state index contributed by atoms with van der Waals surface area (Å²) in [5.74, 6) is -0.893. The second-order valence-electron chi connectivity index (χ2n) is 7.08. The maximum Gasteiger partial charge on any atom is 0.354 e. The largest absolute Gasteiger partial charge is 0.505 e. The van der Waals surface area contributed by atoms with Gasteiger partial charge in [-0.05, 0) is 42.0 Å². The van der Waals surface area contributed by atoms with Gasteiger partial charge in [-0.3, -0.25) is 9.36 Å². The van der Waals surface area contributed by atoms with E-state index in [2.05, 4.69) is 4.98 Å². The van der Waals surface area contributed by atoms with Crippen molar-refractivity contribution >= 4 is 33.8 Å². The number of hydrogen-bond donors (Lipinski definition) is 1. The lowest BCUT2D eigenvalue weighted by Gasteiger charge is -2.13. The molecule has 0 saturated carbocycles. The number of benzene rings is 2. The van der Waals surface area contributed by atoms with Gasteiger partial charge in [-0.15, -0.1) is 0 Å². The Morgan fingerprint density at radius 3 is 2.50 bits per heavy atom. The fourth-order valence-electron chi connectivity index (χ4n) is 3.54. The first-order chi connectivity index (χ1) is 15.5. The first kappa shape index (κ1) is 20.0. The summed E-state index contributed by atoms with van der Waals surface area (Å²) in [5.41, 5.74) is -0.130. The minimum atomic E-state index is -0.797. The predicted molar refractivity (Wildman–Crippen MR) is 120 cm³/mol. The Morgan fingerprint density at radius 2 is 1.75 bits per heavy atom. The summed E-state index contributed by atoms with van der Waals surface area (Å²) in [4.78, 5) is 30.9. The van der Waals surface area contributed by atoms with Gasteiger partial charge in [-0.2, -0.15) is 0 Å². The zero-order valence-electron chi connectivity index (χ0n) is 16.5. The van der Waals surface area contributed by atoms with Gasteiger partial charge in [0.25, 0.3) is 5.56 Å². The molecule has 8 heteroatoms. The first-order valence-corrected chi connectivity index (χ1v) is 10.5. The molecule has 0 fully saturated rings. The SMILES string of the molecule is O=c1oc2c(c(O)c1Sc1ccc(F)cc1)c(=O)n(Cc1ccccc1)c1ncccc21. The van der Waals surface area contributed by atoms with Crippen LogP contribution >= 0.6 is 11.8 Å². The Kier molecular flexibility index (Phi) is 4.99. The van der Waals surface area contributed by atoms with Crippen molar-refractivity contribution in [2.75, 3.05) is 0 Å². The molecule has 0 atom stereocenters. The molecule has 0 spiro atoms. The van der Waals surface area contributed by atoms with Crippen molar-refractivity contribution in [3.63, 3.8) is 0 Å². The maximum atomic E-state index is 13.5. The lowest BCUT2D eigenvalue weighted by Crippen LogP contribution is -2.23. The summed E-state index contributed by atoms with van der Waals surface area (Å²) in [5, 5.41) is 11.3. The highest BCUT2D eigenvalue weighted by molar-refractivity contribution is 7.99. The Bertz CT molecular complexity index is 1580. The van der Waals surface area contributed by atoms with Crippen LogP contribution in [0, 0.1) is 5.82 Å². The molecule has 2 aromatic carbocycles. The molecular weight excluding hydrogens is 431 g/mol. The van der Waals surface area contributed by atoms with Crippen molar-refractivity contribution < 1.29 is 13.9 Å². The smallest absolute Gasteiger partial charge is 0.354 e. The zero-order valence-corrected chi connectivity index (χ0v) is 17.3. The van der Waals surface area contributed by atoms with Crippen LogP contribution < -0.4 is 11.2 Å². The Morgan fingerprint density at radius 1 is 1.00 bits per heavy atom. The summed E-state index contributed by atoms with van der Waals surface area (Å²) in [6.45, 7) is 0.224. The molecule has 0 aliphatic heterocycles. The van der Waals surface area contributed by atoms with E-state index in [4.69, 9.17) is 4.42 Å². The second-order valence-corrected chi connectivity index (χ2v) is 8.16. The van der Waals surface area contributed by atoms with Crippen LogP contribution in [-0.4, -0.2) is 14.7 Å². The fourth-order valence-corrected chi connectivity index (χ4v) is 4.37. The number of hydrogen-bond acceptors (Lipinski definition) is 6. The second kappa shape index (κ2) is 7.97. The van der Waals surface area contributed by atoms with Crippen molar-refractivity contribution in [1.29, 1.82) is 0 Å². The van der Waals surface area contributed by atoms with Crippen molar-refractivity contribution in [2.24, 2.45) is 0 Å². The third-order valence-corrected chi connectivity index (χ3v) is 6.09. The summed E-state index contributed by atoms with van der Waals surface area (Å²) < 4.78 is 20.2. The van der Waals surface area contributed by atoms with Gasteiger partial charge >= 0.3 is 5.63 Å². The van der Waals surface area contributed by atoms with Crippen molar-refractivity contribution in [1.82, 2.24) is 9.55 Å². The van der Waals surface area contributed by atoms with E-state index >= 15 is 0 Å². The van der Waals surface area contributed by atoms with E-state index in [1.54, 1.807) is 18.3 Å². The molecule has 3 heterocycles. The molecule has 0 aliphatic carbocycles. The number of aromatic hydroxyl groups is 1. The normalized spacial score (nSPS) is 11.3. The highest BCUT2D eigenvalue weighted by Crippen LogP contribution is 2.36. The third kappa shape index (κ3) is 3.44. The number of pyridine rings is 2. The number of nitrogens with zero attached hydrogens (tertiary/aromatic N) is 2.